The number of ketones is 1. The van der Waals surface area contributed by atoms with Gasteiger partial charge in [-0.05, 0) is 38.0 Å². The highest BCUT2D eigenvalue weighted by Crippen LogP contribution is 2.32. The number of nitrogens with one attached hydrogen (secondary N) is 1. The molecule has 0 radical (unpaired) electrons. The lowest BCUT2D eigenvalue weighted by Gasteiger charge is -2.32. The average molecular weight is 413 g/mol. The Labute approximate surface area is 172 Å². The molecule has 2 rings (SSSR count). The quantitative estimate of drug-likeness (QED) is 0.381. The van der Waals surface area contributed by atoms with Crippen LogP contribution in [0.1, 0.15) is 58.8 Å². The molecule has 2 fully saturated rings. The highest BCUT2D eigenvalue weighted by atomic mass is 16.2. The van der Waals surface area contributed by atoms with Crippen molar-refractivity contribution < 1.29 is 24.3 Å². The molecule has 1 heterocycles. The molecule has 1 saturated carbocycles. The summed E-state index contributed by atoms with van der Waals surface area (Å²) in [5.74, 6) is -2.14. The molecule has 3 amide bonds. The topological polar surface area (TPSA) is 156 Å². The molecule has 166 valence electrons. The maximum atomic E-state index is 13.0. The normalized spacial score (nSPS) is 23.3. The second-order valence-corrected chi connectivity index (χ2v) is 7.92. The molecule has 2 aliphatic rings. The van der Waals surface area contributed by atoms with Crippen molar-refractivity contribution in [2.75, 3.05) is 13.7 Å². The summed E-state index contributed by atoms with van der Waals surface area (Å²) in [4.78, 5) is 50.6. The van der Waals surface area contributed by atoms with Gasteiger partial charge in [0.1, 0.15) is 6.04 Å². The van der Waals surface area contributed by atoms with Gasteiger partial charge in [-0.15, -0.1) is 0 Å². The lowest BCUT2D eigenvalue weighted by atomic mass is 9.80. The molecular formula is C20H36N4O5. The Kier molecular flexibility index (Phi) is 10.2. The first-order valence-electron chi connectivity index (χ1n) is 10.4. The zero-order valence-electron chi connectivity index (χ0n) is 17.7. The molecule has 6 N–H and O–H groups in total. The summed E-state index contributed by atoms with van der Waals surface area (Å²) in [6.45, 7) is 4.10. The molecule has 9 heteroatoms. The molecule has 9 nitrogen and oxygen atoms in total. The number of carbonyl (C=O) groups excluding carboxylic acids is 4. The predicted molar refractivity (Wildman–Crippen MR) is 108 cm³/mol. The first-order chi connectivity index (χ1) is 13.8. The van der Waals surface area contributed by atoms with E-state index >= 15 is 0 Å². The zero-order chi connectivity index (χ0) is 22.1. The van der Waals surface area contributed by atoms with Gasteiger partial charge in [-0.2, -0.15) is 0 Å². The first kappa shape index (κ1) is 25.0. The zero-order valence-corrected chi connectivity index (χ0v) is 17.7. The second-order valence-electron chi connectivity index (χ2n) is 7.92. The van der Waals surface area contributed by atoms with Crippen molar-refractivity contribution in [1.82, 2.24) is 10.2 Å². The van der Waals surface area contributed by atoms with Crippen molar-refractivity contribution in [2.24, 2.45) is 23.3 Å². The van der Waals surface area contributed by atoms with E-state index in [2.05, 4.69) is 5.32 Å². The summed E-state index contributed by atoms with van der Waals surface area (Å²) in [5.41, 5.74) is 10.9. The van der Waals surface area contributed by atoms with Crippen molar-refractivity contribution in [2.45, 2.75) is 76.9 Å². The van der Waals surface area contributed by atoms with Crippen molar-refractivity contribution in [3.63, 3.8) is 0 Å². The molecule has 0 aromatic heterocycles. The number of Topliss-reactive ketones (excluding diaryl/α,β-unsaturated/α-hetero) is 1. The van der Waals surface area contributed by atoms with E-state index in [1.165, 1.54) is 4.90 Å². The maximum absolute atomic E-state index is 13.0. The Morgan fingerprint density at radius 1 is 1.17 bits per heavy atom. The Balaban J connectivity index is 0.00000204. The van der Waals surface area contributed by atoms with Crippen LogP contribution in [0.2, 0.25) is 0 Å². The van der Waals surface area contributed by atoms with Gasteiger partial charge in [-0.3, -0.25) is 19.2 Å². The van der Waals surface area contributed by atoms with Crippen LogP contribution in [0.4, 0.5) is 0 Å². The van der Waals surface area contributed by atoms with E-state index in [0.29, 0.717) is 18.9 Å². The number of hydrogen-bond acceptors (Lipinski definition) is 6. The van der Waals surface area contributed by atoms with Gasteiger partial charge >= 0.3 is 0 Å². The number of nitrogens with zero attached hydrogens (tertiary/aromatic N) is 1. The average Bonchev–Trinajstić information content (AvgIpc) is 3.07. The van der Waals surface area contributed by atoms with Crippen molar-refractivity contribution in [1.29, 1.82) is 0 Å². The third-order valence-electron chi connectivity index (χ3n) is 5.79. The summed E-state index contributed by atoms with van der Waals surface area (Å²) in [6, 6.07) is -2.28. The van der Waals surface area contributed by atoms with Crippen molar-refractivity contribution in [3.05, 3.63) is 0 Å². The summed E-state index contributed by atoms with van der Waals surface area (Å²) < 4.78 is 0. The van der Waals surface area contributed by atoms with Crippen LogP contribution >= 0.6 is 0 Å². The van der Waals surface area contributed by atoms with Crippen LogP contribution in [0.3, 0.4) is 0 Å². The van der Waals surface area contributed by atoms with Crippen LogP contribution in [0.5, 0.6) is 0 Å². The van der Waals surface area contributed by atoms with Gasteiger partial charge in [0.2, 0.25) is 17.6 Å². The molecule has 2 unspecified atom stereocenters. The van der Waals surface area contributed by atoms with Gasteiger partial charge in [0.25, 0.3) is 5.91 Å². The monoisotopic (exact) mass is 412 g/mol. The highest BCUT2D eigenvalue weighted by Gasteiger charge is 2.43. The minimum atomic E-state index is -1.04. The van der Waals surface area contributed by atoms with Gasteiger partial charge in [-0.1, -0.05) is 32.6 Å². The fourth-order valence-electron chi connectivity index (χ4n) is 4.12. The number of primary amides is 1. The van der Waals surface area contributed by atoms with E-state index in [-0.39, 0.29) is 17.7 Å². The SMILES string of the molecule is CCC[C@H]1CCN(C(=O)[C@H](C)N)C1C(=O)NC(CC1CCC1)C(=O)C(N)=O.CO. The first-order valence-corrected chi connectivity index (χ1v) is 10.4. The van der Waals surface area contributed by atoms with Crippen LogP contribution in [-0.2, 0) is 19.2 Å². The smallest absolute Gasteiger partial charge is 0.287 e. The fraction of sp³-hybridized carbons (Fsp3) is 0.800. The Morgan fingerprint density at radius 2 is 1.79 bits per heavy atom. The van der Waals surface area contributed by atoms with Crippen LogP contribution in [0.15, 0.2) is 0 Å². The Morgan fingerprint density at radius 3 is 2.24 bits per heavy atom. The van der Waals surface area contributed by atoms with E-state index in [1.54, 1.807) is 6.92 Å². The molecule has 1 aliphatic carbocycles. The van der Waals surface area contributed by atoms with Gasteiger partial charge < -0.3 is 26.8 Å². The molecular weight excluding hydrogens is 376 g/mol. The van der Waals surface area contributed by atoms with Crippen LogP contribution < -0.4 is 16.8 Å². The van der Waals surface area contributed by atoms with Gasteiger partial charge in [0.05, 0.1) is 12.1 Å². The second kappa shape index (κ2) is 11.9. The van der Waals surface area contributed by atoms with Gasteiger partial charge in [0.15, 0.2) is 0 Å². The number of hydrogen-bond donors (Lipinski definition) is 4. The lowest BCUT2D eigenvalue weighted by molar-refractivity contribution is -0.142. The number of rotatable bonds is 9. The number of carbonyl (C=O) groups is 4. The number of aliphatic hydroxyl groups is 1. The molecule has 0 bridgehead atoms. The molecule has 1 aliphatic heterocycles. The van der Waals surface area contributed by atoms with E-state index in [0.717, 1.165) is 45.6 Å². The van der Waals surface area contributed by atoms with E-state index in [4.69, 9.17) is 16.6 Å². The predicted octanol–water partition coefficient (Wildman–Crippen LogP) is -0.311. The summed E-state index contributed by atoms with van der Waals surface area (Å²) >= 11 is 0. The molecule has 4 atom stereocenters. The highest BCUT2D eigenvalue weighted by molar-refractivity contribution is 6.37. The van der Waals surface area contributed by atoms with Gasteiger partial charge in [0, 0.05) is 13.7 Å². The molecule has 0 spiro atoms. The Hall–Kier alpha value is -2.00. The summed E-state index contributed by atoms with van der Waals surface area (Å²) in [7, 11) is 1.00. The third-order valence-corrected chi connectivity index (χ3v) is 5.79. The standard InChI is InChI=1S/C19H32N4O4.CH4O/c1-3-5-13-8-9-23(19(27)11(2)20)15(13)18(26)22-14(16(24)17(21)25)10-12-6-4-7-12;1-2/h11-15H,3-10,20H2,1-2H3,(H2,21,25)(H,22,26);2H,1H3/t11-,13-,14?,15?;/m0./s1. The maximum Gasteiger partial charge on any atom is 0.287 e. The minimum Gasteiger partial charge on any atom is -0.400 e. The molecule has 0 aromatic carbocycles. The summed E-state index contributed by atoms with van der Waals surface area (Å²) in [6.07, 6.45) is 5.89. The largest absolute Gasteiger partial charge is 0.400 e. The Bertz CT molecular complexity index is 591. The number of amides is 3. The van der Waals surface area contributed by atoms with Crippen molar-refractivity contribution in [3.8, 4) is 0 Å². The lowest BCUT2D eigenvalue weighted by Crippen LogP contribution is -2.56. The summed E-state index contributed by atoms with van der Waals surface area (Å²) in [5, 5.41) is 9.73. The van der Waals surface area contributed by atoms with Crippen LogP contribution in [0.25, 0.3) is 0 Å². The van der Waals surface area contributed by atoms with Crippen molar-refractivity contribution >= 4 is 23.5 Å². The number of nitrogens with two attached hydrogens (primary N) is 2. The number of aliphatic hydroxyl groups excluding tert-OH is 1. The fourth-order valence-corrected chi connectivity index (χ4v) is 4.12. The van der Waals surface area contributed by atoms with E-state index < -0.39 is 29.8 Å². The third kappa shape index (κ3) is 6.50. The minimum absolute atomic E-state index is 0.0192. The van der Waals surface area contributed by atoms with E-state index in [1.807, 2.05) is 6.92 Å². The van der Waals surface area contributed by atoms with Crippen LogP contribution in [-0.4, -0.2) is 65.3 Å². The molecule has 0 aromatic rings. The molecule has 1 saturated heterocycles. The van der Waals surface area contributed by atoms with Gasteiger partial charge in [-0.25, -0.2) is 0 Å². The van der Waals surface area contributed by atoms with Crippen LogP contribution in [0, 0.1) is 11.8 Å². The number of likely N-dealkylation sites (tertiary alicyclic amines) is 1. The molecule has 29 heavy (non-hydrogen) atoms. The van der Waals surface area contributed by atoms with E-state index in [9.17, 15) is 19.2 Å².